The monoisotopic (exact) mass is 311 g/mol. The van der Waals surface area contributed by atoms with Crippen molar-refractivity contribution in [1.29, 1.82) is 0 Å². The number of aliphatic hydroxyl groups is 2. The molecule has 1 atom stereocenters. The van der Waals surface area contributed by atoms with Gasteiger partial charge in [-0.15, -0.1) is 0 Å². The fourth-order valence-electron chi connectivity index (χ4n) is 2.07. The molecule has 0 amide bonds. The normalized spacial score (nSPS) is 13.0. The summed E-state index contributed by atoms with van der Waals surface area (Å²) < 4.78 is 11.1. The molecule has 1 aromatic rings. The zero-order chi connectivity index (χ0) is 16.6. The number of nitrogens with one attached hydrogen (secondary N) is 1. The number of methoxy groups -OCH3 is 1. The summed E-state index contributed by atoms with van der Waals surface area (Å²) in [7, 11) is 1.64. The van der Waals surface area contributed by atoms with Crippen LogP contribution in [-0.4, -0.2) is 49.7 Å². The first-order chi connectivity index (χ1) is 10.4. The Bertz CT molecular complexity index is 443. The SMILES string of the molecule is COc1ccc(OC[C@H](O)CNCCCO)c(C(C)(C)C)c1. The van der Waals surface area contributed by atoms with Crippen LogP contribution in [0.5, 0.6) is 11.5 Å². The van der Waals surface area contributed by atoms with Crippen LogP contribution in [0.2, 0.25) is 0 Å². The van der Waals surface area contributed by atoms with Crippen molar-refractivity contribution in [2.75, 3.05) is 33.4 Å². The Morgan fingerprint density at radius 1 is 1.27 bits per heavy atom. The second-order valence-electron chi connectivity index (χ2n) is 6.36. The van der Waals surface area contributed by atoms with Crippen LogP contribution in [0.3, 0.4) is 0 Å². The van der Waals surface area contributed by atoms with Crippen molar-refractivity contribution < 1.29 is 19.7 Å². The van der Waals surface area contributed by atoms with E-state index in [9.17, 15) is 5.11 Å². The van der Waals surface area contributed by atoms with Crippen LogP contribution < -0.4 is 14.8 Å². The molecule has 1 aromatic carbocycles. The molecule has 5 nitrogen and oxygen atoms in total. The van der Waals surface area contributed by atoms with Crippen LogP contribution in [0.25, 0.3) is 0 Å². The summed E-state index contributed by atoms with van der Waals surface area (Å²) in [4.78, 5) is 0. The number of hydrogen-bond acceptors (Lipinski definition) is 5. The van der Waals surface area contributed by atoms with E-state index in [1.54, 1.807) is 7.11 Å². The van der Waals surface area contributed by atoms with Gasteiger partial charge >= 0.3 is 0 Å². The van der Waals surface area contributed by atoms with Gasteiger partial charge in [-0.2, -0.15) is 0 Å². The molecule has 0 saturated heterocycles. The summed E-state index contributed by atoms with van der Waals surface area (Å²) in [6.07, 6.45) is 0.0915. The minimum Gasteiger partial charge on any atom is -0.497 e. The van der Waals surface area contributed by atoms with Crippen LogP contribution in [0.1, 0.15) is 32.8 Å². The highest BCUT2D eigenvalue weighted by atomic mass is 16.5. The smallest absolute Gasteiger partial charge is 0.123 e. The molecule has 22 heavy (non-hydrogen) atoms. The van der Waals surface area contributed by atoms with E-state index < -0.39 is 6.10 Å². The predicted molar refractivity (Wildman–Crippen MR) is 87.8 cm³/mol. The summed E-state index contributed by atoms with van der Waals surface area (Å²) in [5, 5.41) is 21.7. The number of aliphatic hydroxyl groups excluding tert-OH is 2. The van der Waals surface area contributed by atoms with E-state index in [0.29, 0.717) is 19.5 Å². The Labute approximate surface area is 133 Å². The summed E-state index contributed by atoms with van der Waals surface area (Å²) in [6.45, 7) is 7.84. The number of benzene rings is 1. The van der Waals surface area contributed by atoms with Crippen LogP contribution in [0.15, 0.2) is 18.2 Å². The van der Waals surface area contributed by atoms with E-state index in [1.807, 2.05) is 18.2 Å². The van der Waals surface area contributed by atoms with E-state index in [2.05, 4.69) is 26.1 Å². The van der Waals surface area contributed by atoms with Crippen molar-refractivity contribution in [1.82, 2.24) is 5.32 Å². The fourth-order valence-corrected chi connectivity index (χ4v) is 2.07. The van der Waals surface area contributed by atoms with E-state index in [-0.39, 0.29) is 18.6 Å². The molecule has 1 rings (SSSR count). The number of ether oxygens (including phenoxy) is 2. The number of hydrogen-bond donors (Lipinski definition) is 3. The maximum atomic E-state index is 9.93. The van der Waals surface area contributed by atoms with Crippen LogP contribution in [-0.2, 0) is 5.41 Å². The largest absolute Gasteiger partial charge is 0.497 e. The zero-order valence-corrected chi connectivity index (χ0v) is 14.1. The molecule has 126 valence electrons. The van der Waals surface area contributed by atoms with Gasteiger partial charge in [0.05, 0.1) is 7.11 Å². The second kappa shape index (κ2) is 8.98. The third-order valence-electron chi connectivity index (χ3n) is 3.32. The average Bonchev–Trinajstić information content (AvgIpc) is 2.48. The third kappa shape index (κ3) is 6.22. The van der Waals surface area contributed by atoms with Gasteiger partial charge in [-0.3, -0.25) is 0 Å². The zero-order valence-electron chi connectivity index (χ0n) is 14.1. The highest BCUT2D eigenvalue weighted by Gasteiger charge is 2.20. The van der Waals surface area contributed by atoms with Crippen molar-refractivity contribution in [3.05, 3.63) is 23.8 Å². The molecule has 0 radical (unpaired) electrons. The highest BCUT2D eigenvalue weighted by Crippen LogP contribution is 2.34. The van der Waals surface area contributed by atoms with Gasteiger partial charge < -0.3 is 25.0 Å². The first-order valence-electron chi connectivity index (χ1n) is 7.69. The summed E-state index contributed by atoms with van der Waals surface area (Å²) in [5.41, 5.74) is 0.973. The lowest BCUT2D eigenvalue weighted by atomic mass is 9.86. The molecule has 3 N–H and O–H groups in total. The van der Waals surface area contributed by atoms with E-state index in [4.69, 9.17) is 14.6 Å². The first kappa shape index (κ1) is 18.7. The molecule has 0 unspecified atom stereocenters. The third-order valence-corrected chi connectivity index (χ3v) is 3.32. The summed E-state index contributed by atoms with van der Waals surface area (Å²) in [6, 6.07) is 5.71. The topological polar surface area (TPSA) is 71.0 Å². The molecule has 0 fully saturated rings. The van der Waals surface area contributed by atoms with Gasteiger partial charge in [0.25, 0.3) is 0 Å². The van der Waals surface area contributed by atoms with Gasteiger partial charge in [-0.1, -0.05) is 20.8 Å². The van der Waals surface area contributed by atoms with Crippen LogP contribution in [0.4, 0.5) is 0 Å². The molecule has 0 aliphatic carbocycles. The standard InChI is InChI=1S/C17H29NO4/c1-17(2,3)15-10-14(21-4)6-7-16(15)22-12-13(20)11-18-8-5-9-19/h6-7,10,13,18-20H,5,8-9,11-12H2,1-4H3/t13-/m1/s1. The lowest BCUT2D eigenvalue weighted by molar-refractivity contribution is 0.105. The second-order valence-corrected chi connectivity index (χ2v) is 6.36. The Morgan fingerprint density at radius 3 is 2.59 bits per heavy atom. The van der Waals surface area contributed by atoms with Crippen molar-refractivity contribution in [3.63, 3.8) is 0 Å². The molecule has 0 aliphatic rings. The molecular weight excluding hydrogens is 282 g/mol. The minimum absolute atomic E-state index is 0.0752. The van der Waals surface area contributed by atoms with Crippen molar-refractivity contribution in [2.24, 2.45) is 0 Å². The van der Waals surface area contributed by atoms with E-state index in [1.165, 1.54) is 0 Å². The van der Waals surface area contributed by atoms with E-state index in [0.717, 1.165) is 17.1 Å². The Balaban J connectivity index is 2.61. The first-order valence-corrected chi connectivity index (χ1v) is 7.69. The van der Waals surface area contributed by atoms with Gasteiger partial charge in [0.15, 0.2) is 0 Å². The molecule has 0 spiro atoms. The van der Waals surface area contributed by atoms with Crippen molar-refractivity contribution >= 4 is 0 Å². The Kier molecular flexibility index (Phi) is 7.65. The lowest BCUT2D eigenvalue weighted by Gasteiger charge is -2.24. The molecule has 0 aromatic heterocycles. The molecule has 0 saturated carbocycles. The van der Waals surface area contributed by atoms with Crippen molar-refractivity contribution in [2.45, 2.75) is 38.7 Å². The fraction of sp³-hybridized carbons (Fsp3) is 0.647. The van der Waals surface area contributed by atoms with Gasteiger partial charge in [0, 0.05) is 18.7 Å². The molecule has 5 heteroatoms. The maximum absolute atomic E-state index is 9.93. The van der Waals surface area contributed by atoms with Gasteiger partial charge in [-0.05, 0) is 36.6 Å². The predicted octanol–water partition coefficient (Wildman–Crippen LogP) is 1.70. The van der Waals surface area contributed by atoms with Gasteiger partial charge in [0.1, 0.15) is 24.2 Å². The van der Waals surface area contributed by atoms with Crippen LogP contribution in [0, 0.1) is 0 Å². The Morgan fingerprint density at radius 2 is 2.00 bits per heavy atom. The number of rotatable bonds is 9. The molecule has 0 heterocycles. The van der Waals surface area contributed by atoms with Crippen LogP contribution >= 0.6 is 0 Å². The maximum Gasteiger partial charge on any atom is 0.123 e. The summed E-state index contributed by atoms with van der Waals surface area (Å²) >= 11 is 0. The minimum atomic E-state index is -0.589. The molecular formula is C17H29NO4. The molecule has 0 aliphatic heterocycles. The lowest BCUT2D eigenvalue weighted by Crippen LogP contribution is -2.32. The average molecular weight is 311 g/mol. The van der Waals surface area contributed by atoms with E-state index >= 15 is 0 Å². The van der Waals surface area contributed by atoms with Gasteiger partial charge in [-0.25, -0.2) is 0 Å². The highest BCUT2D eigenvalue weighted by molar-refractivity contribution is 5.44. The quantitative estimate of drug-likeness (QED) is 0.606. The summed E-state index contributed by atoms with van der Waals surface area (Å²) in [5.74, 6) is 1.56. The molecule has 0 bridgehead atoms. The Hall–Kier alpha value is -1.30. The van der Waals surface area contributed by atoms with Crippen molar-refractivity contribution in [3.8, 4) is 11.5 Å². The van der Waals surface area contributed by atoms with Gasteiger partial charge in [0.2, 0.25) is 0 Å².